The second-order valence-electron chi connectivity index (χ2n) is 5.87. The molecule has 0 bridgehead atoms. The van der Waals surface area contributed by atoms with Gasteiger partial charge in [0.15, 0.2) is 5.79 Å². The number of aliphatic hydroxyl groups excluding tert-OH is 3. The van der Waals surface area contributed by atoms with Crippen LogP contribution in [0.5, 0.6) is 0 Å². The molecule has 1 aromatic carbocycles. The van der Waals surface area contributed by atoms with E-state index in [2.05, 4.69) is 6.07 Å². The van der Waals surface area contributed by atoms with Crippen molar-refractivity contribution in [3.63, 3.8) is 0 Å². The number of fused-ring (bicyclic) bond motifs is 1. The maximum absolute atomic E-state index is 10.4. The van der Waals surface area contributed by atoms with Crippen molar-refractivity contribution in [1.82, 2.24) is 0 Å². The Bertz CT molecular complexity index is 462. The first-order valence-electron chi connectivity index (χ1n) is 7.50. The third-order valence-electron chi connectivity index (χ3n) is 4.47. The molecule has 0 aliphatic carbocycles. The van der Waals surface area contributed by atoms with E-state index in [1.54, 1.807) is 0 Å². The molecule has 1 spiro atoms. The lowest BCUT2D eigenvalue weighted by Crippen LogP contribution is -2.59. The second kappa shape index (κ2) is 6.02. The summed E-state index contributed by atoms with van der Waals surface area (Å²) in [6.07, 6.45) is -0.287. The minimum absolute atomic E-state index is 0.0101. The fourth-order valence-corrected chi connectivity index (χ4v) is 3.26. The number of ether oxygens (including phenoxy) is 2. The zero-order valence-corrected chi connectivity index (χ0v) is 11.9. The molecule has 5 heteroatoms. The number of rotatable bonds is 2. The minimum Gasteiger partial charge on any atom is -0.396 e. The number of hydrogen-bond donors (Lipinski definition) is 3. The van der Waals surface area contributed by atoms with Gasteiger partial charge in [0.2, 0.25) is 0 Å². The van der Waals surface area contributed by atoms with Gasteiger partial charge in [-0.15, -0.1) is 0 Å². The van der Waals surface area contributed by atoms with Crippen LogP contribution in [0.15, 0.2) is 24.3 Å². The summed E-state index contributed by atoms with van der Waals surface area (Å²) in [6.45, 7) is 0.343. The van der Waals surface area contributed by atoms with Crippen LogP contribution in [-0.4, -0.2) is 46.0 Å². The molecule has 3 N–H and O–H groups in total. The molecule has 0 unspecified atom stereocenters. The summed E-state index contributed by atoms with van der Waals surface area (Å²) in [6, 6.07) is 8.00. The van der Waals surface area contributed by atoms with Crippen LogP contribution in [0.1, 0.15) is 30.4 Å². The largest absolute Gasteiger partial charge is 0.396 e. The van der Waals surface area contributed by atoms with Gasteiger partial charge >= 0.3 is 0 Å². The fraction of sp³-hybridized carbons (Fsp3) is 0.625. The van der Waals surface area contributed by atoms with Crippen molar-refractivity contribution >= 4 is 0 Å². The summed E-state index contributed by atoms with van der Waals surface area (Å²) >= 11 is 0. The van der Waals surface area contributed by atoms with Crippen molar-refractivity contribution in [3.05, 3.63) is 35.4 Å². The molecule has 2 aliphatic heterocycles. The van der Waals surface area contributed by atoms with E-state index in [9.17, 15) is 10.2 Å². The van der Waals surface area contributed by atoms with Crippen LogP contribution in [0.4, 0.5) is 0 Å². The van der Waals surface area contributed by atoms with E-state index >= 15 is 0 Å². The van der Waals surface area contributed by atoms with E-state index in [1.165, 1.54) is 5.56 Å². The molecule has 5 nitrogen and oxygen atoms in total. The van der Waals surface area contributed by atoms with Gasteiger partial charge in [-0.1, -0.05) is 24.3 Å². The lowest BCUT2D eigenvalue weighted by Gasteiger charge is -2.46. The molecule has 0 radical (unpaired) electrons. The average Bonchev–Trinajstić information content (AvgIpc) is 2.67. The molecule has 2 aliphatic rings. The second-order valence-corrected chi connectivity index (χ2v) is 5.87. The van der Waals surface area contributed by atoms with Gasteiger partial charge < -0.3 is 24.8 Å². The average molecular weight is 294 g/mol. The molecule has 0 saturated carbocycles. The van der Waals surface area contributed by atoms with E-state index in [4.69, 9.17) is 14.6 Å². The molecule has 0 amide bonds. The first-order chi connectivity index (χ1) is 10.1. The number of aryl methyl sites for hydroxylation is 1. The SMILES string of the molecule is OCC[C@H]1C[C@@H](O)[C@H](O)[C@@]2(CCc3ccccc3CO2)O1. The Morgan fingerprint density at radius 1 is 1.19 bits per heavy atom. The smallest absolute Gasteiger partial charge is 0.197 e. The monoisotopic (exact) mass is 294 g/mol. The summed E-state index contributed by atoms with van der Waals surface area (Å²) in [7, 11) is 0. The van der Waals surface area contributed by atoms with Crippen LogP contribution in [0.3, 0.4) is 0 Å². The maximum Gasteiger partial charge on any atom is 0.197 e. The standard InChI is InChI=1S/C16H22O5/c17-8-6-13-9-14(18)15(19)16(21-13)7-5-11-3-1-2-4-12(11)10-20-16/h1-4,13-15,17-19H,5-10H2/t13-,14+,15-,16+/m0/s1. The molecule has 21 heavy (non-hydrogen) atoms. The van der Waals surface area contributed by atoms with Gasteiger partial charge in [-0.3, -0.25) is 0 Å². The topological polar surface area (TPSA) is 79.2 Å². The molecule has 0 aromatic heterocycles. The highest BCUT2D eigenvalue weighted by atomic mass is 16.7. The number of hydrogen-bond acceptors (Lipinski definition) is 5. The third-order valence-corrected chi connectivity index (χ3v) is 4.47. The predicted octanol–water partition coefficient (Wildman–Crippen LogP) is 0.739. The van der Waals surface area contributed by atoms with Gasteiger partial charge in [0.05, 0.1) is 18.8 Å². The summed E-state index contributed by atoms with van der Waals surface area (Å²) in [5, 5.41) is 29.6. The van der Waals surface area contributed by atoms with Crippen LogP contribution in [0, 0.1) is 0 Å². The van der Waals surface area contributed by atoms with Gasteiger partial charge in [-0.05, 0) is 24.0 Å². The van der Waals surface area contributed by atoms with Crippen molar-refractivity contribution in [3.8, 4) is 0 Å². The van der Waals surface area contributed by atoms with Crippen LogP contribution in [0.25, 0.3) is 0 Å². The molecule has 116 valence electrons. The lowest BCUT2D eigenvalue weighted by molar-refractivity contribution is -0.346. The normalized spacial score (nSPS) is 36.2. The quantitative estimate of drug-likeness (QED) is 0.750. The van der Waals surface area contributed by atoms with Crippen molar-refractivity contribution in [2.75, 3.05) is 6.61 Å². The van der Waals surface area contributed by atoms with Gasteiger partial charge in [0.1, 0.15) is 6.10 Å². The first kappa shape index (κ1) is 14.9. The van der Waals surface area contributed by atoms with Crippen molar-refractivity contribution in [2.24, 2.45) is 0 Å². The van der Waals surface area contributed by atoms with Crippen molar-refractivity contribution in [1.29, 1.82) is 0 Å². The zero-order chi connectivity index (χ0) is 14.9. The Labute approximate surface area is 124 Å². The van der Waals surface area contributed by atoms with E-state index < -0.39 is 18.0 Å². The minimum atomic E-state index is -1.18. The van der Waals surface area contributed by atoms with Crippen LogP contribution < -0.4 is 0 Å². The van der Waals surface area contributed by atoms with E-state index in [-0.39, 0.29) is 12.7 Å². The molecule has 3 rings (SSSR count). The molecular formula is C16H22O5. The van der Waals surface area contributed by atoms with Crippen molar-refractivity contribution < 1.29 is 24.8 Å². The summed E-state index contributed by atoms with van der Waals surface area (Å²) in [5.74, 6) is -1.18. The molecular weight excluding hydrogens is 272 g/mol. The highest BCUT2D eigenvalue weighted by molar-refractivity contribution is 5.27. The number of aliphatic hydroxyl groups is 3. The van der Waals surface area contributed by atoms with Crippen LogP contribution in [0.2, 0.25) is 0 Å². The molecule has 4 atom stereocenters. The predicted molar refractivity (Wildman–Crippen MR) is 75.5 cm³/mol. The first-order valence-corrected chi connectivity index (χ1v) is 7.50. The number of benzene rings is 1. The van der Waals surface area contributed by atoms with Gasteiger partial charge in [-0.2, -0.15) is 0 Å². The van der Waals surface area contributed by atoms with Crippen molar-refractivity contribution in [2.45, 2.75) is 56.4 Å². The van der Waals surface area contributed by atoms with E-state index in [0.717, 1.165) is 12.0 Å². The summed E-state index contributed by atoms with van der Waals surface area (Å²) in [5.41, 5.74) is 2.27. The van der Waals surface area contributed by atoms with Gasteiger partial charge in [0.25, 0.3) is 0 Å². The molecule has 1 fully saturated rings. The Balaban J connectivity index is 1.82. The Kier molecular flexibility index (Phi) is 4.28. The lowest BCUT2D eigenvalue weighted by atomic mass is 9.90. The van der Waals surface area contributed by atoms with E-state index in [0.29, 0.717) is 25.9 Å². The van der Waals surface area contributed by atoms with Gasteiger partial charge in [-0.25, -0.2) is 0 Å². The van der Waals surface area contributed by atoms with Crippen LogP contribution >= 0.6 is 0 Å². The molecule has 1 aromatic rings. The highest BCUT2D eigenvalue weighted by Gasteiger charge is 2.50. The Hall–Kier alpha value is -0.980. The highest BCUT2D eigenvalue weighted by Crippen LogP contribution is 2.38. The zero-order valence-electron chi connectivity index (χ0n) is 11.9. The maximum atomic E-state index is 10.4. The van der Waals surface area contributed by atoms with Gasteiger partial charge in [0, 0.05) is 19.4 Å². The third kappa shape index (κ3) is 2.84. The Morgan fingerprint density at radius 2 is 1.95 bits per heavy atom. The molecule has 1 saturated heterocycles. The summed E-state index contributed by atoms with van der Waals surface area (Å²) < 4.78 is 11.9. The Morgan fingerprint density at radius 3 is 2.71 bits per heavy atom. The fourth-order valence-electron chi connectivity index (χ4n) is 3.26. The van der Waals surface area contributed by atoms with E-state index in [1.807, 2.05) is 18.2 Å². The van der Waals surface area contributed by atoms with Crippen LogP contribution in [-0.2, 0) is 22.5 Å². The molecule has 2 heterocycles. The summed E-state index contributed by atoms with van der Waals surface area (Å²) in [4.78, 5) is 0.